The van der Waals surface area contributed by atoms with E-state index in [2.05, 4.69) is 6.07 Å². The summed E-state index contributed by atoms with van der Waals surface area (Å²) in [4.78, 5) is 9.95. The summed E-state index contributed by atoms with van der Waals surface area (Å²) < 4.78 is 47.6. The highest BCUT2D eigenvalue weighted by molar-refractivity contribution is 7.87. The fourth-order valence-electron chi connectivity index (χ4n) is 3.93. The minimum absolute atomic E-state index is 0.0741. The minimum atomic E-state index is -4.30. The first-order chi connectivity index (χ1) is 18.2. The van der Waals surface area contributed by atoms with Gasteiger partial charge >= 0.3 is 10.1 Å². The number of methoxy groups -OCH3 is 1. The number of benzene rings is 3. The second-order valence-electron chi connectivity index (χ2n) is 8.17. The van der Waals surface area contributed by atoms with E-state index in [0.717, 1.165) is 30.7 Å². The third-order valence-corrected chi connectivity index (χ3v) is 6.98. The summed E-state index contributed by atoms with van der Waals surface area (Å²) in [5.74, 6) is 0.405. The molecule has 4 rings (SSSR count). The minimum Gasteiger partial charge on any atom is -0.493 e. The number of non-ortho nitro benzene ring substituents is 1. The number of rotatable bonds is 9. The van der Waals surface area contributed by atoms with Crippen molar-refractivity contribution in [1.82, 2.24) is 0 Å². The average Bonchev–Trinajstić information content (AvgIpc) is 2.90. The van der Waals surface area contributed by atoms with E-state index in [4.69, 9.17) is 24.1 Å². The van der Waals surface area contributed by atoms with Crippen LogP contribution in [0.5, 0.6) is 23.0 Å². The van der Waals surface area contributed by atoms with Gasteiger partial charge in [0.1, 0.15) is 28.0 Å². The van der Waals surface area contributed by atoms with Gasteiger partial charge in [-0.15, -0.1) is 0 Å². The first-order valence-corrected chi connectivity index (χ1v) is 12.8. The summed E-state index contributed by atoms with van der Waals surface area (Å²) in [5, 5.41) is 20.7. The third kappa shape index (κ3) is 5.18. The molecule has 0 saturated carbocycles. The van der Waals surface area contributed by atoms with Crippen molar-refractivity contribution in [2.75, 3.05) is 13.7 Å². The van der Waals surface area contributed by atoms with Crippen LogP contribution in [0.3, 0.4) is 0 Å². The molecule has 38 heavy (non-hydrogen) atoms. The monoisotopic (exact) mass is 537 g/mol. The van der Waals surface area contributed by atoms with Gasteiger partial charge in [0.15, 0.2) is 11.5 Å². The van der Waals surface area contributed by atoms with Crippen LogP contribution >= 0.6 is 0 Å². The van der Waals surface area contributed by atoms with E-state index in [1.54, 1.807) is 24.3 Å². The predicted molar refractivity (Wildman–Crippen MR) is 135 cm³/mol. The van der Waals surface area contributed by atoms with Crippen molar-refractivity contribution in [2.24, 2.45) is 5.73 Å². The van der Waals surface area contributed by atoms with E-state index in [-0.39, 0.29) is 33.5 Å². The van der Waals surface area contributed by atoms with E-state index in [9.17, 15) is 23.8 Å². The van der Waals surface area contributed by atoms with Crippen LogP contribution in [0.4, 0.5) is 5.69 Å². The zero-order valence-electron chi connectivity index (χ0n) is 20.4. The van der Waals surface area contributed by atoms with Crippen LogP contribution in [0, 0.1) is 21.4 Å². The molecule has 3 aromatic rings. The molecule has 0 spiro atoms. The van der Waals surface area contributed by atoms with E-state index >= 15 is 0 Å². The van der Waals surface area contributed by atoms with Gasteiger partial charge in [-0.25, -0.2) is 0 Å². The zero-order valence-corrected chi connectivity index (χ0v) is 21.2. The normalized spacial score (nSPS) is 14.6. The summed E-state index contributed by atoms with van der Waals surface area (Å²) in [6, 6.07) is 16.0. The number of fused-ring (bicyclic) bond motifs is 1. The SMILES string of the molecule is CCCOc1ccc(C2C(C#N)=C(N)Oc3cc(OS(=O)(=O)c4ccc([N+](=O)[O-])cc4)ccc32)cc1OC. The van der Waals surface area contributed by atoms with Gasteiger partial charge in [0.05, 0.1) is 24.6 Å². The molecule has 0 aromatic heterocycles. The topological polar surface area (TPSA) is 164 Å². The molecule has 0 fully saturated rings. The lowest BCUT2D eigenvalue weighted by Crippen LogP contribution is -2.21. The Morgan fingerprint density at radius 1 is 1.11 bits per heavy atom. The van der Waals surface area contributed by atoms with Gasteiger partial charge < -0.3 is 24.1 Å². The quantitative estimate of drug-likeness (QED) is 0.235. The first kappa shape index (κ1) is 26.3. The Bertz CT molecular complexity index is 1560. The van der Waals surface area contributed by atoms with Crippen LogP contribution in [0.1, 0.15) is 30.4 Å². The molecule has 0 saturated heterocycles. The second-order valence-corrected chi connectivity index (χ2v) is 9.72. The Labute approximate surface area is 218 Å². The van der Waals surface area contributed by atoms with Gasteiger partial charge in [0.2, 0.25) is 5.88 Å². The lowest BCUT2D eigenvalue weighted by atomic mass is 9.83. The summed E-state index contributed by atoms with van der Waals surface area (Å²) in [6.07, 6.45) is 0.820. The molecule has 1 atom stereocenters. The highest BCUT2D eigenvalue weighted by atomic mass is 32.2. The highest BCUT2D eigenvalue weighted by Gasteiger charge is 2.32. The highest BCUT2D eigenvalue weighted by Crippen LogP contribution is 2.45. The molecule has 1 aliphatic heterocycles. The molecular weight excluding hydrogens is 514 g/mol. The average molecular weight is 538 g/mol. The molecule has 1 aliphatic rings. The lowest BCUT2D eigenvalue weighted by Gasteiger charge is -2.27. The molecular formula is C26H23N3O8S. The maximum atomic E-state index is 12.7. The summed E-state index contributed by atoms with van der Waals surface area (Å²) in [5.41, 5.74) is 7.23. The molecule has 196 valence electrons. The second kappa shape index (κ2) is 10.7. The summed E-state index contributed by atoms with van der Waals surface area (Å²) in [7, 11) is -2.79. The van der Waals surface area contributed by atoms with Gasteiger partial charge in [-0.05, 0) is 42.3 Å². The van der Waals surface area contributed by atoms with Crippen molar-refractivity contribution in [3.63, 3.8) is 0 Å². The molecule has 1 unspecified atom stereocenters. The van der Waals surface area contributed by atoms with Crippen LogP contribution in [-0.4, -0.2) is 27.1 Å². The molecule has 0 radical (unpaired) electrons. The summed E-state index contributed by atoms with van der Waals surface area (Å²) >= 11 is 0. The Hall–Kier alpha value is -4.76. The predicted octanol–water partition coefficient (Wildman–Crippen LogP) is 4.38. The lowest BCUT2D eigenvalue weighted by molar-refractivity contribution is -0.384. The number of hydrogen-bond donors (Lipinski definition) is 1. The smallest absolute Gasteiger partial charge is 0.339 e. The number of nitriles is 1. The Morgan fingerprint density at radius 2 is 1.84 bits per heavy atom. The van der Waals surface area contributed by atoms with E-state index in [0.29, 0.717) is 29.2 Å². The van der Waals surface area contributed by atoms with Crippen molar-refractivity contribution in [1.29, 1.82) is 5.26 Å². The Balaban J connectivity index is 1.69. The van der Waals surface area contributed by atoms with Crippen molar-refractivity contribution < 1.29 is 31.7 Å². The molecule has 0 aliphatic carbocycles. The molecule has 12 heteroatoms. The standard InChI is InChI=1S/C26H23N3O8S/c1-3-12-35-22-11-4-16(13-24(22)34-2)25-20-10-7-18(14-23(20)36-26(28)21(25)15-27)37-38(32,33)19-8-5-17(6-9-19)29(30)31/h4-11,13-14,25H,3,12,28H2,1-2H3. The van der Waals surface area contributed by atoms with E-state index in [1.807, 2.05) is 6.92 Å². The first-order valence-electron chi connectivity index (χ1n) is 11.4. The van der Waals surface area contributed by atoms with Crippen molar-refractivity contribution in [3.05, 3.63) is 93.4 Å². The van der Waals surface area contributed by atoms with Crippen molar-refractivity contribution in [3.8, 4) is 29.1 Å². The molecule has 1 heterocycles. The number of nitro benzene ring substituents is 1. The van der Waals surface area contributed by atoms with Gasteiger partial charge in [-0.2, -0.15) is 13.7 Å². The van der Waals surface area contributed by atoms with Crippen LogP contribution < -0.4 is 24.1 Å². The fourth-order valence-corrected chi connectivity index (χ4v) is 4.86. The molecule has 2 N–H and O–H groups in total. The van der Waals surface area contributed by atoms with Crippen LogP contribution in [-0.2, 0) is 10.1 Å². The Morgan fingerprint density at radius 3 is 2.47 bits per heavy atom. The van der Waals surface area contributed by atoms with Gasteiger partial charge in [-0.3, -0.25) is 10.1 Å². The number of nitrogens with zero attached hydrogens (tertiary/aromatic N) is 2. The molecule has 0 amide bonds. The maximum Gasteiger partial charge on any atom is 0.339 e. The molecule has 0 bridgehead atoms. The maximum absolute atomic E-state index is 12.7. The number of nitro groups is 1. The number of nitrogens with two attached hydrogens (primary N) is 1. The third-order valence-electron chi connectivity index (χ3n) is 5.72. The van der Waals surface area contributed by atoms with Crippen LogP contribution in [0.25, 0.3) is 0 Å². The zero-order chi connectivity index (χ0) is 27.4. The van der Waals surface area contributed by atoms with E-state index < -0.39 is 21.0 Å². The van der Waals surface area contributed by atoms with Crippen LogP contribution in [0.15, 0.2) is 77.0 Å². The summed E-state index contributed by atoms with van der Waals surface area (Å²) in [6.45, 7) is 2.50. The number of ether oxygens (including phenoxy) is 3. The number of hydrogen-bond acceptors (Lipinski definition) is 10. The van der Waals surface area contributed by atoms with Crippen molar-refractivity contribution >= 4 is 15.8 Å². The molecule has 3 aromatic carbocycles. The van der Waals surface area contributed by atoms with E-state index in [1.165, 1.54) is 19.2 Å². The van der Waals surface area contributed by atoms with Crippen molar-refractivity contribution in [2.45, 2.75) is 24.2 Å². The van der Waals surface area contributed by atoms with Gasteiger partial charge in [-0.1, -0.05) is 19.1 Å². The van der Waals surface area contributed by atoms with Gasteiger partial charge in [0, 0.05) is 23.8 Å². The van der Waals surface area contributed by atoms with Crippen LogP contribution in [0.2, 0.25) is 0 Å². The molecule has 11 nitrogen and oxygen atoms in total. The largest absolute Gasteiger partial charge is 0.493 e. The van der Waals surface area contributed by atoms with Gasteiger partial charge in [0.25, 0.3) is 5.69 Å². The number of allylic oxidation sites excluding steroid dienone is 1. The Kier molecular flexibility index (Phi) is 7.40. The fraction of sp³-hybridized carbons (Fsp3) is 0.192.